The Morgan fingerprint density at radius 1 is 1.15 bits per heavy atom. The molecule has 1 atom stereocenters. The smallest absolute Gasteiger partial charge is 0.141 e. The third-order valence-corrected chi connectivity index (χ3v) is 3.61. The Balaban J connectivity index is 2.41. The molecule has 0 aliphatic heterocycles. The molecule has 2 rings (SSSR count). The summed E-state index contributed by atoms with van der Waals surface area (Å²) in [5.41, 5.74) is 3.05. The van der Waals surface area contributed by atoms with E-state index < -0.39 is 5.82 Å². The Morgan fingerprint density at radius 3 is 2.35 bits per heavy atom. The Labute approximate surface area is 123 Å². The van der Waals surface area contributed by atoms with Crippen LogP contribution in [0, 0.1) is 12.7 Å². The maximum absolute atomic E-state index is 13.3. The molecule has 4 heteroatoms. The van der Waals surface area contributed by atoms with Crippen LogP contribution in [0.4, 0.5) is 4.39 Å². The second-order valence-corrected chi connectivity index (χ2v) is 5.03. The Kier molecular flexibility index (Phi) is 4.63. The Morgan fingerprint density at radius 2 is 1.80 bits per heavy atom. The highest BCUT2D eigenvalue weighted by Gasteiger charge is 2.14. The number of benzene rings is 2. The number of hydrogen-bond donors (Lipinski definition) is 1. The monoisotopic (exact) mass is 293 g/mol. The predicted molar refractivity (Wildman–Crippen MR) is 80.0 cm³/mol. The van der Waals surface area contributed by atoms with Gasteiger partial charge >= 0.3 is 0 Å². The lowest BCUT2D eigenvalue weighted by atomic mass is 9.97. The van der Waals surface area contributed by atoms with E-state index in [2.05, 4.69) is 11.4 Å². The van der Waals surface area contributed by atoms with E-state index in [9.17, 15) is 4.39 Å². The third-order valence-electron chi connectivity index (χ3n) is 3.32. The van der Waals surface area contributed by atoms with Crippen molar-refractivity contribution >= 4 is 11.6 Å². The summed E-state index contributed by atoms with van der Waals surface area (Å²) in [5, 5.41) is 3.36. The van der Waals surface area contributed by atoms with Crippen LogP contribution in [-0.4, -0.2) is 14.2 Å². The summed E-state index contributed by atoms with van der Waals surface area (Å²) >= 11 is 5.86. The van der Waals surface area contributed by atoms with Gasteiger partial charge in [0.15, 0.2) is 0 Å². The molecule has 2 aromatic rings. The quantitative estimate of drug-likeness (QED) is 0.916. The lowest BCUT2D eigenvalue weighted by Gasteiger charge is -2.19. The van der Waals surface area contributed by atoms with Gasteiger partial charge in [0.05, 0.1) is 18.2 Å². The molecule has 0 spiro atoms. The Bertz CT molecular complexity index is 615. The standard InChI is InChI=1S/C16H17ClFNO/c1-10-8-11(5-7-15(10)20-3)16(19-2)12-4-6-14(18)13(17)9-12/h4-9,16,19H,1-3H3. The molecule has 1 N–H and O–H groups in total. The number of ether oxygens (including phenoxy) is 1. The van der Waals surface area contributed by atoms with Gasteiger partial charge in [-0.1, -0.05) is 29.8 Å². The summed E-state index contributed by atoms with van der Waals surface area (Å²) in [6, 6.07) is 10.7. The van der Waals surface area contributed by atoms with Crippen LogP contribution in [0.3, 0.4) is 0 Å². The normalized spacial score (nSPS) is 12.2. The van der Waals surface area contributed by atoms with Crippen molar-refractivity contribution in [1.29, 1.82) is 0 Å². The van der Waals surface area contributed by atoms with Crippen molar-refractivity contribution in [2.24, 2.45) is 0 Å². The van der Waals surface area contributed by atoms with E-state index in [-0.39, 0.29) is 11.1 Å². The van der Waals surface area contributed by atoms with Crippen molar-refractivity contribution in [2.45, 2.75) is 13.0 Å². The number of nitrogens with one attached hydrogen (secondary N) is 1. The second-order valence-electron chi connectivity index (χ2n) is 4.62. The fourth-order valence-corrected chi connectivity index (χ4v) is 2.49. The number of aryl methyl sites for hydroxylation is 1. The molecule has 2 nitrogen and oxygen atoms in total. The zero-order valence-electron chi connectivity index (χ0n) is 11.7. The van der Waals surface area contributed by atoms with Crippen molar-refractivity contribution < 1.29 is 9.13 Å². The van der Waals surface area contributed by atoms with Crippen molar-refractivity contribution in [3.8, 4) is 5.75 Å². The van der Waals surface area contributed by atoms with Crippen molar-refractivity contribution in [1.82, 2.24) is 5.32 Å². The van der Waals surface area contributed by atoms with E-state index in [1.165, 1.54) is 6.07 Å². The van der Waals surface area contributed by atoms with Crippen molar-refractivity contribution in [3.05, 3.63) is 63.9 Å². The van der Waals surface area contributed by atoms with E-state index in [1.807, 2.05) is 26.1 Å². The second kappa shape index (κ2) is 6.25. The van der Waals surface area contributed by atoms with E-state index in [4.69, 9.17) is 16.3 Å². The predicted octanol–water partition coefficient (Wildman–Crippen LogP) is 4.10. The third kappa shape index (κ3) is 2.94. The summed E-state index contributed by atoms with van der Waals surface area (Å²) in [4.78, 5) is 0. The first kappa shape index (κ1) is 14.8. The molecule has 0 amide bonds. The van der Waals surface area contributed by atoms with E-state index >= 15 is 0 Å². The van der Waals surface area contributed by atoms with E-state index in [0.29, 0.717) is 0 Å². The summed E-state index contributed by atoms with van der Waals surface area (Å²) in [6.07, 6.45) is 0. The highest BCUT2D eigenvalue weighted by molar-refractivity contribution is 6.30. The lowest BCUT2D eigenvalue weighted by molar-refractivity contribution is 0.411. The molecule has 20 heavy (non-hydrogen) atoms. The molecule has 1 unspecified atom stereocenters. The van der Waals surface area contributed by atoms with Gasteiger partial charge in [0.1, 0.15) is 11.6 Å². The molecule has 0 saturated carbocycles. The van der Waals surface area contributed by atoms with Crippen LogP contribution < -0.4 is 10.1 Å². The zero-order valence-corrected chi connectivity index (χ0v) is 12.5. The fourth-order valence-electron chi connectivity index (χ4n) is 2.30. The van der Waals surface area contributed by atoms with Gasteiger partial charge in [-0.3, -0.25) is 0 Å². The maximum atomic E-state index is 13.3. The number of methoxy groups -OCH3 is 1. The molecule has 0 fully saturated rings. The average Bonchev–Trinajstić information content (AvgIpc) is 2.44. The zero-order chi connectivity index (χ0) is 14.7. The summed E-state index contributed by atoms with van der Waals surface area (Å²) in [6.45, 7) is 1.99. The van der Waals surface area contributed by atoms with Gasteiger partial charge in [-0.05, 0) is 48.9 Å². The summed E-state index contributed by atoms with van der Waals surface area (Å²) in [5.74, 6) is 0.442. The molecule has 2 aromatic carbocycles. The first-order valence-electron chi connectivity index (χ1n) is 6.33. The van der Waals surface area contributed by atoms with Gasteiger partial charge in [-0.2, -0.15) is 0 Å². The van der Waals surface area contributed by atoms with Crippen LogP contribution in [0.15, 0.2) is 36.4 Å². The first-order valence-corrected chi connectivity index (χ1v) is 6.71. The van der Waals surface area contributed by atoms with Gasteiger partial charge in [-0.15, -0.1) is 0 Å². The minimum Gasteiger partial charge on any atom is -0.496 e. The Hall–Kier alpha value is -1.58. The molecular weight excluding hydrogens is 277 g/mol. The lowest BCUT2D eigenvalue weighted by Crippen LogP contribution is -2.17. The fraction of sp³-hybridized carbons (Fsp3) is 0.250. The van der Waals surface area contributed by atoms with E-state index in [0.717, 1.165) is 22.4 Å². The molecule has 106 valence electrons. The van der Waals surface area contributed by atoms with Gasteiger partial charge in [0, 0.05) is 0 Å². The van der Waals surface area contributed by atoms with Crippen LogP contribution in [0.2, 0.25) is 5.02 Å². The molecule has 0 radical (unpaired) electrons. The average molecular weight is 294 g/mol. The molecular formula is C16H17ClFNO. The first-order chi connectivity index (χ1) is 9.56. The summed E-state index contributed by atoms with van der Waals surface area (Å²) < 4.78 is 18.5. The van der Waals surface area contributed by atoms with Crippen molar-refractivity contribution in [2.75, 3.05) is 14.2 Å². The van der Waals surface area contributed by atoms with Gasteiger partial charge < -0.3 is 10.1 Å². The molecule has 0 aliphatic carbocycles. The van der Waals surface area contributed by atoms with Crippen LogP contribution in [-0.2, 0) is 0 Å². The van der Waals surface area contributed by atoms with Gasteiger partial charge in [0.25, 0.3) is 0 Å². The van der Waals surface area contributed by atoms with Crippen LogP contribution in [0.5, 0.6) is 5.75 Å². The van der Waals surface area contributed by atoms with Gasteiger partial charge in [-0.25, -0.2) is 4.39 Å². The molecule has 0 saturated heterocycles. The summed E-state index contributed by atoms with van der Waals surface area (Å²) in [7, 11) is 3.51. The SMILES string of the molecule is CNC(c1ccc(OC)c(C)c1)c1ccc(F)c(Cl)c1. The van der Waals surface area contributed by atoms with Crippen LogP contribution in [0.25, 0.3) is 0 Å². The van der Waals surface area contributed by atoms with Crippen LogP contribution in [0.1, 0.15) is 22.7 Å². The maximum Gasteiger partial charge on any atom is 0.141 e. The largest absolute Gasteiger partial charge is 0.496 e. The van der Waals surface area contributed by atoms with E-state index in [1.54, 1.807) is 19.2 Å². The molecule has 0 aromatic heterocycles. The highest BCUT2D eigenvalue weighted by Crippen LogP contribution is 2.28. The number of rotatable bonds is 4. The molecule has 0 aliphatic rings. The minimum absolute atomic E-state index is 0.0438. The number of hydrogen-bond acceptors (Lipinski definition) is 2. The number of halogens is 2. The minimum atomic E-state index is -0.406. The molecule has 0 bridgehead atoms. The topological polar surface area (TPSA) is 21.3 Å². The van der Waals surface area contributed by atoms with Crippen molar-refractivity contribution in [3.63, 3.8) is 0 Å². The highest BCUT2D eigenvalue weighted by atomic mass is 35.5. The van der Waals surface area contributed by atoms with Gasteiger partial charge in [0.2, 0.25) is 0 Å². The van der Waals surface area contributed by atoms with Crippen LogP contribution >= 0.6 is 11.6 Å². The molecule has 0 heterocycles.